The number of nitrogens with one attached hydrogen (secondary N) is 10. The number of anilines is 10. The zero-order valence-electron chi connectivity index (χ0n) is 73.3. The number of non-ortho nitro benzene ring substituents is 1. The van der Waals surface area contributed by atoms with Crippen molar-refractivity contribution in [3.63, 3.8) is 0 Å². The van der Waals surface area contributed by atoms with Crippen LogP contribution in [0.2, 0.25) is 0 Å². The fraction of sp³-hybridized carbons (Fsp3) is 0.114. The van der Waals surface area contributed by atoms with E-state index in [1.165, 1.54) is 230 Å². The Kier molecular flexibility index (Phi) is 35.7. The summed E-state index contributed by atoms with van der Waals surface area (Å²) in [5.41, 5.74) is 1.37. The molecule has 0 amide bonds. The standard InChI is InChI=1S/C21H22N2O6S2.C20H20N2O6S2.C19H16F2N2O4S2.C18H15N3O6S2.C10H16N2O4S2/c1-15-4-13-20(22-30(24,25)18-9-5-16(28-2)6-10-18)21(14-15)23-31(26,27)19-11-7-17(29-3)8-12-19;1-27-15-7-11-17(12-8-15)29(23,24)21-19-5-3-4-6-20(19)22-30(25,26)18-13-9-16(28-2)10-14-18;1-13-2-11-18(22-28(24,25)16-7-3-14(20)4-8-16)19(12-13)23-29(26,27)17-9-5-15(21)6-10-17;22-21(23)14-11-12-17(19-28(24,25)15-7-3-1-4-8-15)18(13-14)20-29(26,27)16-9-5-2-6-10-16;1-3-17(13,14)11-9-7-5-6-8-10(9)12-18(15,16)4-2/h4-14,22-23H,1-3H3;3-14,21-22H,1-2H3;2-12,22-23H,1H3;1-13,19-20H;5-8,11-12H,3-4H2,1-2H3. The first-order chi connectivity index (χ1) is 64.4. The quantitative estimate of drug-likeness (QED) is 0.0130. The van der Waals surface area contributed by atoms with Crippen LogP contribution >= 0.6 is 0 Å². The second-order valence-electron chi connectivity index (χ2n) is 28.3. The van der Waals surface area contributed by atoms with Gasteiger partial charge < -0.3 is 18.9 Å². The van der Waals surface area contributed by atoms with Crippen LogP contribution in [0.15, 0.2) is 349 Å². The second-order valence-corrected chi connectivity index (χ2v) is 45.7. The summed E-state index contributed by atoms with van der Waals surface area (Å²) in [6, 6.07) is 71.2. The summed E-state index contributed by atoms with van der Waals surface area (Å²) < 4.78 is 319. The van der Waals surface area contributed by atoms with Crippen molar-refractivity contribution in [2.24, 2.45) is 0 Å². The average molecular weight is 2080 g/mol. The highest BCUT2D eigenvalue weighted by molar-refractivity contribution is 7.95. The normalized spacial score (nSPS) is 11.7. The molecule has 0 aromatic heterocycles. The highest BCUT2D eigenvalue weighted by Crippen LogP contribution is 2.36. The summed E-state index contributed by atoms with van der Waals surface area (Å²) in [5, 5.41) is 11.1. The molecule has 137 heavy (non-hydrogen) atoms. The number of sulfonamides is 10. The minimum atomic E-state index is -4.11. The lowest BCUT2D eigenvalue weighted by Crippen LogP contribution is -2.19. The van der Waals surface area contributed by atoms with E-state index in [-0.39, 0.29) is 108 Å². The van der Waals surface area contributed by atoms with Crippen molar-refractivity contribution in [1.29, 1.82) is 0 Å². The lowest BCUT2D eigenvalue weighted by molar-refractivity contribution is -0.384. The summed E-state index contributed by atoms with van der Waals surface area (Å²) in [6.45, 7) is 6.48. The minimum Gasteiger partial charge on any atom is -0.497 e. The number of rotatable bonds is 35. The molecule has 0 fully saturated rings. The number of nitro groups is 1. The van der Waals surface area contributed by atoms with E-state index in [0.29, 0.717) is 28.6 Å². The van der Waals surface area contributed by atoms with Crippen molar-refractivity contribution in [3.8, 4) is 23.0 Å². The van der Waals surface area contributed by atoms with Gasteiger partial charge in [-0.25, -0.2) is 93.0 Å². The zero-order valence-corrected chi connectivity index (χ0v) is 81.4. The average Bonchev–Trinajstić information content (AvgIpc) is 0.810. The fourth-order valence-corrected chi connectivity index (χ4v) is 21.3. The zero-order chi connectivity index (χ0) is 101. The molecular formula is C88H89F2N11O26S10. The first-order valence-corrected chi connectivity index (χ1v) is 54.7. The number of nitro benzene ring substituents is 1. The third-order valence-corrected chi connectivity index (χ3v) is 32.1. The predicted molar refractivity (Wildman–Crippen MR) is 519 cm³/mol. The number of para-hydroxylation sites is 4. The first kappa shape index (κ1) is 107. The van der Waals surface area contributed by atoms with Crippen molar-refractivity contribution >= 4 is 163 Å². The van der Waals surface area contributed by atoms with Crippen LogP contribution < -0.4 is 66.2 Å². The summed E-state index contributed by atoms with van der Waals surface area (Å²) in [5.74, 6) is 0.719. The Morgan fingerprint density at radius 2 is 0.431 bits per heavy atom. The monoisotopic (exact) mass is 2070 g/mol. The van der Waals surface area contributed by atoms with E-state index < -0.39 is 122 Å². The number of hydrogen-bond donors (Lipinski definition) is 10. The highest BCUT2D eigenvalue weighted by Gasteiger charge is 2.28. The Morgan fingerprint density at radius 3 is 0.657 bits per heavy atom. The lowest BCUT2D eigenvalue weighted by Gasteiger charge is -2.16. The van der Waals surface area contributed by atoms with Gasteiger partial charge in [0.1, 0.15) is 34.6 Å². The van der Waals surface area contributed by atoms with Crippen molar-refractivity contribution in [2.45, 2.75) is 66.9 Å². The second kappa shape index (κ2) is 45.9. The summed E-state index contributed by atoms with van der Waals surface area (Å²) in [4.78, 5) is 9.93. The van der Waals surface area contributed by atoms with Gasteiger partial charge in [-0.3, -0.25) is 57.3 Å². The van der Waals surface area contributed by atoms with Gasteiger partial charge >= 0.3 is 0 Å². The molecule has 0 saturated carbocycles. The van der Waals surface area contributed by atoms with E-state index in [1.54, 1.807) is 68.4 Å². The van der Waals surface area contributed by atoms with Gasteiger partial charge in [0.05, 0.1) is 141 Å². The van der Waals surface area contributed by atoms with Crippen LogP contribution in [0.3, 0.4) is 0 Å². The molecule has 0 aliphatic carbocycles. The Bertz CT molecular complexity index is 7540. The molecule has 0 atom stereocenters. The van der Waals surface area contributed by atoms with Crippen LogP contribution in [0, 0.1) is 35.6 Å². The van der Waals surface area contributed by atoms with Gasteiger partial charge in [0.2, 0.25) is 20.0 Å². The van der Waals surface area contributed by atoms with E-state index in [1.807, 2.05) is 0 Å². The first-order valence-electron chi connectivity index (χ1n) is 39.5. The van der Waals surface area contributed by atoms with E-state index >= 15 is 0 Å². The molecule has 0 aliphatic rings. The van der Waals surface area contributed by atoms with Crippen molar-refractivity contribution < 1.29 is 117 Å². The third-order valence-electron chi connectivity index (χ3n) is 18.5. The largest absolute Gasteiger partial charge is 0.497 e. The van der Waals surface area contributed by atoms with Gasteiger partial charge in [0.25, 0.3) is 85.9 Å². The van der Waals surface area contributed by atoms with E-state index in [0.717, 1.165) is 72.3 Å². The van der Waals surface area contributed by atoms with Gasteiger partial charge in [-0.2, -0.15) is 0 Å². The maximum Gasteiger partial charge on any atom is 0.271 e. The number of nitrogens with zero attached hydrogens (tertiary/aromatic N) is 1. The van der Waals surface area contributed by atoms with Crippen LogP contribution in [0.4, 0.5) is 71.3 Å². The molecule has 0 aliphatic heterocycles. The molecule has 49 heteroatoms. The molecule has 0 bridgehead atoms. The SMILES string of the molecule is CCS(=O)(=O)Nc1ccccc1NS(=O)(=O)CC.COc1ccc(S(=O)(=O)Nc2ccc(C)cc2NS(=O)(=O)c2ccc(OC)cc2)cc1.COc1ccc(S(=O)(=O)Nc2ccccc2NS(=O)(=O)c2ccc(OC)cc2)cc1.Cc1ccc(NS(=O)(=O)c2ccc(F)cc2)c(NS(=O)(=O)c2ccc(F)cc2)c1.O=[N+]([O-])c1ccc(NS(=O)(=O)c2ccccc2)c(NS(=O)(=O)c2ccccc2)c1. The van der Waals surface area contributed by atoms with Crippen LogP contribution in [0.25, 0.3) is 0 Å². The summed E-state index contributed by atoms with van der Waals surface area (Å²) >= 11 is 0. The van der Waals surface area contributed by atoms with Crippen molar-refractivity contribution in [3.05, 3.63) is 342 Å². The Labute approximate surface area is 792 Å². The molecule has 13 aromatic carbocycles. The Balaban J connectivity index is 0.000000194. The van der Waals surface area contributed by atoms with Gasteiger partial charge in [-0.05, 0) is 263 Å². The molecule has 0 unspecified atom stereocenters. The number of hydrogen-bond acceptors (Lipinski definition) is 26. The Morgan fingerprint density at radius 1 is 0.241 bits per heavy atom. The summed E-state index contributed by atoms with van der Waals surface area (Å²) in [7, 11) is -33.1. The molecule has 13 aromatic rings. The predicted octanol–water partition coefficient (Wildman–Crippen LogP) is 15.2. The molecule has 0 spiro atoms. The lowest BCUT2D eigenvalue weighted by atomic mass is 10.2. The molecule has 10 N–H and O–H groups in total. The minimum absolute atomic E-state index is 0.0103. The number of aryl methyl sites for hydroxylation is 2. The van der Waals surface area contributed by atoms with Crippen LogP contribution in [0.5, 0.6) is 23.0 Å². The van der Waals surface area contributed by atoms with Gasteiger partial charge in [-0.1, -0.05) is 72.8 Å². The Hall–Kier alpha value is -14.2. The molecule has 37 nitrogen and oxygen atoms in total. The molecule has 726 valence electrons. The van der Waals surface area contributed by atoms with Gasteiger partial charge in [0.15, 0.2) is 0 Å². The summed E-state index contributed by atoms with van der Waals surface area (Å²) in [6.07, 6.45) is 0. The van der Waals surface area contributed by atoms with E-state index in [2.05, 4.69) is 47.2 Å². The number of benzene rings is 13. The van der Waals surface area contributed by atoms with Crippen LogP contribution in [0.1, 0.15) is 25.0 Å². The number of halogens is 2. The molecule has 0 saturated heterocycles. The van der Waals surface area contributed by atoms with E-state index in [4.69, 9.17) is 18.9 Å². The van der Waals surface area contributed by atoms with Crippen LogP contribution in [-0.4, -0.2) is 129 Å². The molecular weight excluding hydrogens is 1990 g/mol. The van der Waals surface area contributed by atoms with E-state index in [9.17, 15) is 103 Å². The third kappa shape index (κ3) is 30.7. The highest BCUT2D eigenvalue weighted by atomic mass is 32.2. The van der Waals surface area contributed by atoms with Crippen molar-refractivity contribution in [2.75, 3.05) is 87.2 Å². The van der Waals surface area contributed by atoms with Crippen molar-refractivity contribution in [1.82, 2.24) is 0 Å². The maximum absolute atomic E-state index is 13.1. The maximum atomic E-state index is 13.1. The fourth-order valence-electron chi connectivity index (χ4n) is 11.4. The smallest absolute Gasteiger partial charge is 0.271 e. The molecule has 0 heterocycles. The number of methoxy groups -OCH3 is 4. The molecule has 13 rings (SSSR count). The van der Waals surface area contributed by atoms with Crippen LogP contribution in [-0.2, 0) is 100 Å². The molecule has 0 radical (unpaired) electrons. The number of ether oxygens (including phenoxy) is 4. The topological polar surface area (TPSA) is 542 Å². The van der Waals surface area contributed by atoms with Gasteiger partial charge in [0, 0.05) is 12.1 Å². The van der Waals surface area contributed by atoms with Gasteiger partial charge in [-0.15, -0.1) is 0 Å².